The van der Waals surface area contributed by atoms with Gasteiger partial charge < -0.3 is 5.11 Å². The largest absolute Gasteiger partial charge is 0.478 e. The highest BCUT2D eigenvalue weighted by Crippen LogP contribution is 2.42. The van der Waals surface area contributed by atoms with Crippen molar-refractivity contribution in [2.45, 2.75) is 23.3 Å². The third-order valence-electron chi connectivity index (χ3n) is 2.23. The molecule has 0 atom stereocenters. The lowest BCUT2D eigenvalue weighted by atomic mass is 10.1. The van der Waals surface area contributed by atoms with Gasteiger partial charge in [0.25, 0.3) is 4.59 Å². The van der Waals surface area contributed by atoms with E-state index in [1.807, 2.05) is 6.92 Å². The molecule has 0 aliphatic carbocycles. The van der Waals surface area contributed by atoms with E-state index in [2.05, 4.69) is 0 Å². The van der Waals surface area contributed by atoms with Crippen molar-refractivity contribution in [1.29, 1.82) is 0 Å². The second-order valence-corrected chi connectivity index (χ2v) is 5.86. The Morgan fingerprint density at radius 1 is 1.53 bits per heavy atom. The topological polar surface area (TPSA) is 37.3 Å². The van der Waals surface area contributed by atoms with Gasteiger partial charge in [0.2, 0.25) is 0 Å². The first-order valence-corrected chi connectivity index (χ1v) is 6.60. The molecule has 0 saturated carbocycles. The highest BCUT2D eigenvalue weighted by molar-refractivity contribution is 7.99. The van der Waals surface area contributed by atoms with Gasteiger partial charge in [-0.3, -0.25) is 0 Å². The maximum absolute atomic E-state index is 13.6. The van der Waals surface area contributed by atoms with Crippen molar-refractivity contribution in [3.8, 4) is 0 Å². The number of halogens is 3. The lowest BCUT2D eigenvalue weighted by molar-refractivity contribution is 0.0695. The molecule has 0 spiro atoms. The smallest absolute Gasteiger partial charge is 0.335 e. The van der Waals surface area contributed by atoms with Crippen LogP contribution in [0.4, 0.5) is 4.39 Å². The monoisotopic (exact) mass is 296 g/mol. The molecule has 1 N–H and O–H groups in total. The van der Waals surface area contributed by atoms with Gasteiger partial charge in [0, 0.05) is 10.5 Å². The average molecular weight is 297 g/mol. The molecule has 17 heavy (non-hydrogen) atoms. The number of carboxylic acids is 1. The van der Waals surface area contributed by atoms with Gasteiger partial charge in [0.1, 0.15) is 0 Å². The molecular formula is C11H11Cl2FO2S. The predicted octanol–water partition coefficient (Wildman–Crippen LogP) is 4.36. The molecule has 0 aliphatic rings. The maximum atomic E-state index is 13.6. The van der Waals surface area contributed by atoms with Gasteiger partial charge in [-0.25, -0.2) is 9.18 Å². The molecule has 94 valence electrons. The van der Waals surface area contributed by atoms with Gasteiger partial charge in [0.15, 0.2) is 0 Å². The fourth-order valence-electron chi connectivity index (χ4n) is 1.48. The van der Waals surface area contributed by atoms with Crippen LogP contribution in [-0.4, -0.2) is 16.8 Å². The number of alkyl halides is 3. The minimum atomic E-state index is -2.51. The normalized spacial score (nSPS) is 11.6. The molecule has 1 rings (SSSR count). The van der Waals surface area contributed by atoms with E-state index in [0.717, 1.165) is 0 Å². The number of rotatable bonds is 4. The van der Waals surface area contributed by atoms with Crippen molar-refractivity contribution in [3.63, 3.8) is 0 Å². The first kappa shape index (κ1) is 14.6. The van der Waals surface area contributed by atoms with Crippen LogP contribution in [0.15, 0.2) is 17.0 Å². The van der Waals surface area contributed by atoms with Crippen LogP contribution < -0.4 is 0 Å². The van der Waals surface area contributed by atoms with Crippen molar-refractivity contribution in [2.24, 2.45) is 0 Å². The zero-order valence-corrected chi connectivity index (χ0v) is 11.6. The summed E-state index contributed by atoms with van der Waals surface area (Å²) < 4.78 is 11.1. The van der Waals surface area contributed by atoms with Gasteiger partial charge in [0.05, 0.1) is 5.56 Å². The second-order valence-electron chi connectivity index (χ2n) is 3.35. The molecule has 0 unspecified atom stereocenters. The van der Waals surface area contributed by atoms with Crippen LogP contribution in [0.5, 0.6) is 0 Å². The number of carbonyl (C=O) groups is 1. The molecule has 1 aromatic rings. The fourth-order valence-corrected chi connectivity index (χ4v) is 2.88. The molecule has 0 saturated heterocycles. The van der Waals surface area contributed by atoms with Gasteiger partial charge in [-0.15, -0.1) is 11.8 Å². The Balaban J connectivity index is 3.45. The third kappa shape index (κ3) is 3.27. The van der Waals surface area contributed by atoms with E-state index in [4.69, 9.17) is 28.3 Å². The summed E-state index contributed by atoms with van der Waals surface area (Å²) in [4.78, 5) is 11.5. The van der Waals surface area contributed by atoms with Crippen LogP contribution in [0, 0.1) is 6.92 Å². The molecule has 0 radical (unpaired) electrons. The van der Waals surface area contributed by atoms with Crippen LogP contribution >= 0.6 is 35.0 Å². The van der Waals surface area contributed by atoms with Crippen LogP contribution in [0.1, 0.15) is 28.4 Å². The molecule has 2 nitrogen and oxygen atoms in total. The van der Waals surface area contributed by atoms with E-state index in [0.29, 0.717) is 16.2 Å². The van der Waals surface area contributed by atoms with E-state index in [-0.39, 0.29) is 11.1 Å². The molecule has 0 heterocycles. The first-order valence-electron chi connectivity index (χ1n) is 4.86. The Kier molecular flexibility index (Phi) is 4.69. The lowest BCUT2D eigenvalue weighted by Gasteiger charge is -2.17. The number of aromatic carboxylic acids is 1. The molecule has 6 heteroatoms. The molecule has 0 amide bonds. The van der Waals surface area contributed by atoms with Gasteiger partial charge in [-0.2, -0.15) is 0 Å². The predicted molar refractivity (Wildman–Crippen MR) is 69.0 cm³/mol. The first-order chi connectivity index (χ1) is 7.79. The quantitative estimate of drug-likeness (QED) is 0.662. The van der Waals surface area contributed by atoms with Crippen molar-refractivity contribution in [3.05, 3.63) is 28.8 Å². The Hall–Kier alpha value is -0.450. The fraction of sp³-hybridized carbons (Fsp3) is 0.364. The number of benzene rings is 1. The van der Waals surface area contributed by atoms with Crippen molar-refractivity contribution < 1.29 is 14.3 Å². The van der Waals surface area contributed by atoms with Crippen molar-refractivity contribution >= 4 is 40.9 Å². The van der Waals surface area contributed by atoms with Crippen LogP contribution in [-0.2, 0) is 4.59 Å². The molecule has 0 bridgehead atoms. The van der Waals surface area contributed by atoms with E-state index in [1.165, 1.54) is 23.9 Å². The zero-order valence-electron chi connectivity index (χ0n) is 9.26. The van der Waals surface area contributed by atoms with Gasteiger partial charge in [-0.05, 0) is 24.3 Å². The average Bonchev–Trinajstić information content (AvgIpc) is 2.18. The summed E-state index contributed by atoms with van der Waals surface area (Å²) in [5.74, 6) is -0.388. The molecule has 1 aromatic carbocycles. The summed E-state index contributed by atoms with van der Waals surface area (Å²) in [5, 5.41) is 8.98. The summed E-state index contributed by atoms with van der Waals surface area (Å²) in [5.41, 5.74) is 0.697. The SMILES string of the molecule is CCSc1c(C(F)(Cl)Cl)ccc(C(=O)O)c1C. The van der Waals surface area contributed by atoms with Gasteiger partial charge in [-0.1, -0.05) is 36.2 Å². The van der Waals surface area contributed by atoms with E-state index < -0.39 is 10.6 Å². The minimum Gasteiger partial charge on any atom is -0.478 e. The van der Waals surface area contributed by atoms with Crippen LogP contribution in [0.3, 0.4) is 0 Å². The third-order valence-corrected chi connectivity index (χ3v) is 3.74. The highest BCUT2D eigenvalue weighted by Gasteiger charge is 2.30. The lowest BCUT2D eigenvalue weighted by Crippen LogP contribution is -2.09. The summed E-state index contributed by atoms with van der Waals surface area (Å²) in [7, 11) is 0. The second kappa shape index (κ2) is 5.46. The van der Waals surface area contributed by atoms with E-state index >= 15 is 0 Å². The molecule has 0 aromatic heterocycles. The Labute approximate surface area is 113 Å². The number of hydrogen-bond acceptors (Lipinski definition) is 2. The zero-order chi connectivity index (χ0) is 13.2. The van der Waals surface area contributed by atoms with Crippen molar-refractivity contribution in [1.82, 2.24) is 0 Å². The Morgan fingerprint density at radius 3 is 2.53 bits per heavy atom. The van der Waals surface area contributed by atoms with Crippen LogP contribution in [0.25, 0.3) is 0 Å². The van der Waals surface area contributed by atoms with Gasteiger partial charge >= 0.3 is 5.97 Å². The highest BCUT2D eigenvalue weighted by atomic mass is 35.5. The molecule has 0 fully saturated rings. The molecular weight excluding hydrogens is 286 g/mol. The van der Waals surface area contributed by atoms with Crippen molar-refractivity contribution in [2.75, 3.05) is 5.75 Å². The summed E-state index contributed by atoms with van der Waals surface area (Å²) >= 11 is 12.2. The maximum Gasteiger partial charge on any atom is 0.335 e. The molecule has 0 aliphatic heterocycles. The van der Waals surface area contributed by atoms with E-state index in [9.17, 15) is 9.18 Å². The Bertz CT molecular complexity index is 444. The number of carboxylic acid groups (broad SMARTS) is 1. The standard InChI is InChI=1S/C11H11Cl2FO2S/c1-3-17-9-6(2)7(10(15)16)4-5-8(9)11(12,13)14/h4-5H,3H2,1-2H3,(H,15,16). The number of thioether (sulfide) groups is 1. The number of hydrogen-bond donors (Lipinski definition) is 1. The summed E-state index contributed by atoms with van der Waals surface area (Å²) in [6, 6.07) is 2.63. The van der Waals surface area contributed by atoms with E-state index in [1.54, 1.807) is 6.92 Å². The minimum absolute atomic E-state index is 0.0928. The summed E-state index contributed by atoms with van der Waals surface area (Å²) in [6.07, 6.45) is 0. The van der Waals surface area contributed by atoms with Crippen LogP contribution in [0.2, 0.25) is 0 Å². The summed E-state index contributed by atoms with van der Waals surface area (Å²) in [6.45, 7) is 3.49. The Morgan fingerprint density at radius 2 is 2.12 bits per heavy atom.